The van der Waals surface area contributed by atoms with Crippen molar-refractivity contribution in [2.75, 3.05) is 18.0 Å². The summed E-state index contributed by atoms with van der Waals surface area (Å²) in [5.74, 6) is 0.711. The molecule has 0 aromatic heterocycles. The van der Waals surface area contributed by atoms with Crippen LogP contribution in [-0.4, -0.2) is 13.1 Å². The Morgan fingerprint density at radius 2 is 2.00 bits per heavy atom. The molecule has 1 unspecified atom stereocenters. The fourth-order valence-electron chi connectivity index (χ4n) is 3.07. The van der Waals surface area contributed by atoms with E-state index in [2.05, 4.69) is 62.9 Å². The molecule has 2 nitrogen and oxygen atoms in total. The maximum atomic E-state index is 9.26. The SMILES string of the molecule is CC(C)c1ccccc1N1CCC(C#N)C(C)(C)C1. The van der Waals surface area contributed by atoms with Crippen LogP contribution in [0.5, 0.6) is 0 Å². The van der Waals surface area contributed by atoms with Crippen molar-refractivity contribution in [3.63, 3.8) is 0 Å². The van der Waals surface area contributed by atoms with Crippen molar-refractivity contribution in [1.29, 1.82) is 5.26 Å². The second-order valence-electron chi connectivity index (χ2n) is 6.59. The Labute approximate surface area is 117 Å². The van der Waals surface area contributed by atoms with Gasteiger partial charge in [0, 0.05) is 18.8 Å². The minimum absolute atomic E-state index is 0.0666. The first kappa shape index (κ1) is 13.9. The van der Waals surface area contributed by atoms with Crippen molar-refractivity contribution in [1.82, 2.24) is 0 Å². The molecule has 0 amide bonds. The lowest BCUT2D eigenvalue weighted by atomic mass is 9.74. The van der Waals surface area contributed by atoms with E-state index in [-0.39, 0.29) is 11.3 Å². The molecule has 0 N–H and O–H groups in total. The molecule has 1 heterocycles. The van der Waals surface area contributed by atoms with Crippen LogP contribution >= 0.6 is 0 Å². The monoisotopic (exact) mass is 256 g/mol. The average Bonchev–Trinajstić information content (AvgIpc) is 2.37. The molecule has 102 valence electrons. The molecule has 0 radical (unpaired) electrons. The normalized spacial score (nSPS) is 22.3. The highest BCUT2D eigenvalue weighted by atomic mass is 15.1. The number of piperidine rings is 1. The van der Waals surface area contributed by atoms with E-state index in [1.165, 1.54) is 11.3 Å². The highest BCUT2D eigenvalue weighted by Gasteiger charge is 2.36. The van der Waals surface area contributed by atoms with Gasteiger partial charge in [-0.2, -0.15) is 5.26 Å². The molecule has 19 heavy (non-hydrogen) atoms. The van der Waals surface area contributed by atoms with E-state index in [1.807, 2.05) is 0 Å². The smallest absolute Gasteiger partial charge is 0.0662 e. The van der Waals surface area contributed by atoms with Gasteiger partial charge in [-0.15, -0.1) is 0 Å². The summed E-state index contributed by atoms with van der Waals surface area (Å²) in [6, 6.07) is 11.2. The summed E-state index contributed by atoms with van der Waals surface area (Å²) in [5, 5.41) is 9.26. The summed E-state index contributed by atoms with van der Waals surface area (Å²) in [4.78, 5) is 2.46. The van der Waals surface area contributed by atoms with Gasteiger partial charge in [0.25, 0.3) is 0 Å². The van der Waals surface area contributed by atoms with E-state index in [0.717, 1.165) is 19.5 Å². The van der Waals surface area contributed by atoms with Crippen molar-refractivity contribution >= 4 is 5.69 Å². The van der Waals surface area contributed by atoms with Gasteiger partial charge in [0.1, 0.15) is 0 Å². The fraction of sp³-hybridized carbons (Fsp3) is 0.588. The lowest BCUT2D eigenvalue weighted by Crippen LogP contribution is -2.45. The summed E-state index contributed by atoms with van der Waals surface area (Å²) < 4.78 is 0. The average molecular weight is 256 g/mol. The van der Waals surface area contributed by atoms with Crippen molar-refractivity contribution in [2.45, 2.75) is 40.0 Å². The predicted octanol–water partition coefficient (Wildman–Crippen LogP) is 4.19. The first-order valence-electron chi connectivity index (χ1n) is 7.19. The van der Waals surface area contributed by atoms with Crippen LogP contribution in [-0.2, 0) is 0 Å². The van der Waals surface area contributed by atoms with E-state index >= 15 is 0 Å². The molecule has 1 aliphatic rings. The van der Waals surface area contributed by atoms with Gasteiger partial charge in [0.15, 0.2) is 0 Å². The number of hydrogen-bond donors (Lipinski definition) is 0. The molecule has 1 fully saturated rings. The third-order valence-corrected chi connectivity index (χ3v) is 4.28. The number of benzene rings is 1. The standard InChI is InChI=1S/C17H24N2/c1-13(2)15-7-5-6-8-16(15)19-10-9-14(11-18)17(3,4)12-19/h5-8,13-14H,9-10,12H2,1-4H3. The van der Waals surface area contributed by atoms with Crippen molar-refractivity contribution < 1.29 is 0 Å². The molecule has 1 aromatic carbocycles. The van der Waals surface area contributed by atoms with Gasteiger partial charge >= 0.3 is 0 Å². The van der Waals surface area contributed by atoms with Crippen LogP contribution in [0.2, 0.25) is 0 Å². The topological polar surface area (TPSA) is 27.0 Å². The Balaban J connectivity index is 2.28. The highest BCUT2D eigenvalue weighted by molar-refractivity contribution is 5.55. The van der Waals surface area contributed by atoms with Crippen LogP contribution in [0.25, 0.3) is 0 Å². The Hall–Kier alpha value is -1.49. The molecule has 1 atom stereocenters. The molecule has 0 aliphatic carbocycles. The van der Waals surface area contributed by atoms with E-state index in [0.29, 0.717) is 5.92 Å². The predicted molar refractivity (Wildman–Crippen MR) is 80.2 cm³/mol. The van der Waals surface area contributed by atoms with Gasteiger partial charge < -0.3 is 4.90 Å². The lowest BCUT2D eigenvalue weighted by molar-refractivity contribution is 0.226. The summed E-state index contributed by atoms with van der Waals surface area (Å²) >= 11 is 0. The number of nitrogens with zero attached hydrogens (tertiary/aromatic N) is 2. The van der Waals surface area contributed by atoms with Gasteiger partial charge in [-0.25, -0.2) is 0 Å². The van der Waals surface area contributed by atoms with Gasteiger partial charge in [0.2, 0.25) is 0 Å². The van der Waals surface area contributed by atoms with Crippen molar-refractivity contribution in [3.05, 3.63) is 29.8 Å². The summed E-state index contributed by atoms with van der Waals surface area (Å²) in [7, 11) is 0. The van der Waals surface area contributed by atoms with Gasteiger partial charge in [0.05, 0.1) is 12.0 Å². The largest absolute Gasteiger partial charge is 0.371 e. The molecular weight excluding hydrogens is 232 g/mol. The van der Waals surface area contributed by atoms with Crippen LogP contribution in [0.3, 0.4) is 0 Å². The van der Waals surface area contributed by atoms with E-state index in [4.69, 9.17) is 0 Å². The molecular formula is C17H24N2. The number of hydrogen-bond acceptors (Lipinski definition) is 2. The Morgan fingerprint density at radius 1 is 1.32 bits per heavy atom. The third kappa shape index (κ3) is 2.76. The second kappa shape index (κ2) is 5.25. The zero-order chi connectivity index (χ0) is 14.0. The Kier molecular flexibility index (Phi) is 3.85. The van der Waals surface area contributed by atoms with Crippen molar-refractivity contribution in [2.24, 2.45) is 11.3 Å². The number of para-hydroxylation sites is 1. The second-order valence-corrected chi connectivity index (χ2v) is 6.59. The molecule has 1 aliphatic heterocycles. The van der Waals surface area contributed by atoms with Crippen LogP contribution in [0, 0.1) is 22.7 Å². The van der Waals surface area contributed by atoms with E-state index < -0.39 is 0 Å². The van der Waals surface area contributed by atoms with Crippen molar-refractivity contribution in [3.8, 4) is 6.07 Å². The Bertz CT molecular complexity index is 482. The molecule has 2 heteroatoms. The molecule has 0 spiro atoms. The maximum absolute atomic E-state index is 9.26. The Morgan fingerprint density at radius 3 is 2.58 bits per heavy atom. The maximum Gasteiger partial charge on any atom is 0.0662 e. The summed E-state index contributed by atoms with van der Waals surface area (Å²) in [6.07, 6.45) is 0.968. The molecule has 1 saturated heterocycles. The lowest BCUT2D eigenvalue weighted by Gasteiger charge is -2.43. The van der Waals surface area contributed by atoms with E-state index in [9.17, 15) is 5.26 Å². The number of nitriles is 1. The van der Waals surface area contributed by atoms with E-state index in [1.54, 1.807) is 0 Å². The van der Waals surface area contributed by atoms with Crippen LogP contribution in [0.4, 0.5) is 5.69 Å². The minimum Gasteiger partial charge on any atom is -0.371 e. The minimum atomic E-state index is 0.0666. The first-order chi connectivity index (χ1) is 8.95. The van der Waals surface area contributed by atoms with Crippen LogP contribution < -0.4 is 4.90 Å². The zero-order valence-electron chi connectivity index (χ0n) is 12.5. The fourth-order valence-corrected chi connectivity index (χ4v) is 3.07. The summed E-state index contributed by atoms with van der Waals surface area (Å²) in [5.41, 5.74) is 2.83. The number of rotatable bonds is 2. The highest BCUT2D eigenvalue weighted by Crippen LogP contribution is 2.38. The third-order valence-electron chi connectivity index (χ3n) is 4.28. The molecule has 2 rings (SSSR count). The van der Waals surface area contributed by atoms with Gasteiger partial charge in [-0.05, 0) is 29.4 Å². The van der Waals surface area contributed by atoms with Gasteiger partial charge in [-0.3, -0.25) is 0 Å². The molecule has 1 aromatic rings. The molecule has 0 bridgehead atoms. The quantitative estimate of drug-likeness (QED) is 0.793. The molecule has 0 saturated carbocycles. The number of anilines is 1. The zero-order valence-corrected chi connectivity index (χ0v) is 12.5. The summed E-state index contributed by atoms with van der Waals surface area (Å²) in [6.45, 7) is 10.9. The van der Waals surface area contributed by atoms with Crippen LogP contribution in [0.15, 0.2) is 24.3 Å². The first-order valence-corrected chi connectivity index (χ1v) is 7.19. The van der Waals surface area contributed by atoms with Gasteiger partial charge in [-0.1, -0.05) is 45.9 Å². The van der Waals surface area contributed by atoms with Crippen LogP contribution in [0.1, 0.15) is 45.6 Å².